The van der Waals surface area contributed by atoms with Crippen LogP contribution in [-0.4, -0.2) is 29.9 Å². The summed E-state index contributed by atoms with van der Waals surface area (Å²) in [6, 6.07) is 8.20. The normalized spacial score (nSPS) is 18.7. The highest BCUT2D eigenvalue weighted by atomic mass is 35.5. The van der Waals surface area contributed by atoms with E-state index in [1.54, 1.807) is 6.92 Å². The molecule has 0 radical (unpaired) electrons. The van der Waals surface area contributed by atoms with Crippen LogP contribution in [0.2, 0.25) is 5.02 Å². The van der Waals surface area contributed by atoms with Gasteiger partial charge in [0.2, 0.25) is 5.91 Å². The third-order valence-corrected chi connectivity index (χ3v) is 4.86. The average Bonchev–Trinajstić information content (AvgIpc) is 2.59. The minimum atomic E-state index is 0.176. The van der Waals surface area contributed by atoms with E-state index in [0.29, 0.717) is 6.04 Å². The van der Waals surface area contributed by atoms with Gasteiger partial charge in [0.05, 0.1) is 5.70 Å². The molecule has 1 aromatic rings. The highest BCUT2D eigenvalue weighted by Crippen LogP contribution is 2.23. The number of carbonyl (C=O) groups is 1. The smallest absolute Gasteiger partial charge is 0.219 e. The number of piperidine rings is 1. The van der Waals surface area contributed by atoms with E-state index in [1.807, 2.05) is 29.2 Å². The first kappa shape index (κ1) is 16.9. The molecule has 128 valence electrons. The molecule has 1 saturated heterocycles. The molecule has 1 aliphatic carbocycles. The number of hydrogen-bond donors (Lipinski definition) is 2. The third kappa shape index (κ3) is 4.32. The zero-order valence-corrected chi connectivity index (χ0v) is 14.8. The van der Waals surface area contributed by atoms with Crippen molar-refractivity contribution >= 4 is 23.2 Å². The lowest BCUT2D eigenvalue weighted by molar-refractivity contribution is -0.129. The minimum Gasteiger partial charge on any atom is -0.381 e. The molecule has 1 fully saturated rings. The summed E-state index contributed by atoms with van der Waals surface area (Å²) in [7, 11) is 0. The van der Waals surface area contributed by atoms with Crippen molar-refractivity contribution in [3.05, 3.63) is 52.8 Å². The number of halogens is 1. The van der Waals surface area contributed by atoms with Crippen LogP contribution in [0.3, 0.4) is 0 Å². The summed E-state index contributed by atoms with van der Waals surface area (Å²) < 4.78 is 0. The average molecular weight is 346 g/mol. The number of anilines is 1. The number of rotatable bonds is 4. The molecule has 0 atom stereocenters. The van der Waals surface area contributed by atoms with Crippen LogP contribution in [0.5, 0.6) is 0 Å². The van der Waals surface area contributed by atoms with Crippen molar-refractivity contribution < 1.29 is 4.79 Å². The Morgan fingerprint density at radius 3 is 2.58 bits per heavy atom. The van der Waals surface area contributed by atoms with Crippen LogP contribution in [0.15, 0.2) is 47.8 Å². The second kappa shape index (κ2) is 7.75. The van der Waals surface area contributed by atoms with Crippen molar-refractivity contribution in [3.8, 4) is 0 Å². The van der Waals surface area contributed by atoms with Gasteiger partial charge in [-0.05, 0) is 56.0 Å². The first-order chi connectivity index (χ1) is 11.6. The van der Waals surface area contributed by atoms with E-state index >= 15 is 0 Å². The second-order valence-corrected chi connectivity index (χ2v) is 6.83. The van der Waals surface area contributed by atoms with Crippen molar-refractivity contribution in [2.24, 2.45) is 0 Å². The van der Waals surface area contributed by atoms with E-state index in [9.17, 15) is 4.79 Å². The van der Waals surface area contributed by atoms with Gasteiger partial charge in [-0.1, -0.05) is 17.7 Å². The number of likely N-dealkylation sites (tertiary alicyclic amines) is 1. The summed E-state index contributed by atoms with van der Waals surface area (Å²) in [5.74, 6) is 0.176. The molecule has 1 aromatic carbocycles. The van der Waals surface area contributed by atoms with Crippen LogP contribution in [0.4, 0.5) is 5.69 Å². The summed E-state index contributed by atoms with van der Waals surface area (Å²) in [5, 5.41) is 7.93. The zero-order valence-electron chi connectivity index (χ0n) is 14.0. The summed E-state index contributed by atoms with van der Waals surface area (Å²) in [6.45, 7) is 3.32. The first-order valence-electron chi connectivity index (χ1n) is 8.56. The molecule has 2 N–H and O–H groups in total. The second-order valence-electron chi connectivity index (χ2n) is 6.39. The Balaban J connectivity index is 1.65. The fourth-order valence-corrected chi connectivity index (χ4v) is 3.32. The van der Waals surface area contributed by atoms with Crippen LogP contribution in [0, 0.1) is 0 Å². The maximum Gasteiger partial charge on any atom is 0.219 e. The highest BCUT2D eigenvalue weighted by molar-refractivity contribution is 6.30. The van der Waals surface area contributed by atoms with Crippen molar-refractivity contribution in [1.82, 2.24) is 10.2 Å². The molecular formula is C19H24ClN3O. The van der Waals surface area contributed by atoms with E-state index in [0.717, 1.165) is 55.2 Å². The number of hydrogen-bond acceptors (Lipinski definition) is 3. The number of nitrogens with zero attached hydrogens (tertiary/aromatic N) is 1. The maximum absolute atomic E-state index is 11.4. The molecule has 24 heavy (non-hydrogen) atoms. The van der Waals surface area contributed by atoms with Crippen LogP contribution in [0.25, 0.3) is 0 Å². The van der Waals surface area contributed by atoms with Crippen LogP contribution in [-0.2, 0) is 4.79 Å². The first-order valence-corrected chi connectivity index (χ1v) is 8.94. The molecular weight excluding hydrogens is 322 g/mol. The van der Waals surface area contributed by atoms with Gasteiger partial charge in [0.15, 0.2) is 0 Å². The van der Waals surface area contributed by atoms with E-state index in [4.69, 9.17) is 11.6 Å². The van der Waals surface area contributed by atoms with Crippen molar-refractivity contribution in [1.29, 1.82) is 0 Å². The third-order valence-electron chi connectivity index (χ3n) is 4.61. The minimum absolute atomic E-state index is 0.176. The predicted molar refractivity (Wildman–Crippen MR) is 98.9 cm³/mol. The lowest BCUT2D eigenvalue weighted by Crippen LogP contribution is -2.44. The summed E-state index contributed by atoms with van der Waals surface area (Å²) in [4.78, 5) is 13.4. The number of allylic oxidation sites excluding steroid dienone is 3. The largest absolute Gasteiger partial charge is 0.381 e. The van der Waals surface area contributed by atoms with Gasteiger partial charge in [0, 0.05) is 42.5 Å². The molecule has 1 heterocycles. The van der Waals surface area contributed by atoms with Gasteiger partial charge >= 0.3 is 0 Å². The lowest BCUT2D eigenvalue weighted by Gasteiger charge is -2.33. The van der Waals surface area contributed by atoms with E-state index in [-0.39, 0.29) is 5.91 Å². The monoisotopic (exact) mass is 345 g/mol. The molecule has 3 rings (SSSR count). The number of carbonyl (C=O) groups excluding carboxylic acids is 1. The number of nitrogens with one attached hydrogen (secondary N) is 2. The van der Waals surface area contributed by atoms with E-state index < -0.39 is 0 Å². The molecule has 5 heteroatoms. The quantitative estimate of drug-likeness (QED) is 0.869. The molecule has 0 bridgehead atoms. The fourth-order valence-electron chi connectivity index (χ4n) is 3.20. The van der Waals surface area contributed by atoms with Gasteiger partial charge in [-0.25, -0.2) is 0 Å². The summed E-state index contributed by atoms with van der Waals surface area (Å²) in [6.07, 6.45) is 8.40. The Hall–Kier alpha value is -1.94. The molecule has 0 unspecified atom stereocenters. The molecule has 1 aliphatic heterocycles. The molecule has 2 aliphatic rings. The topological polar surface area (TPSA) is 44.4 Å². The molecule has 0 spiro atoms. The molecule has 4 nitrogen and oxygen atoms in total. The SMILES string of the molecule is CC(=O)N1CCC(NC2=C(Nc3ccc(Cl)cc3)CCC=C2)CC1. The Labute approximate surface area is 148 Å². The van der Waals surface area contributed by atoms with Crippen molar-refractivity contribution in [2.75, 3.05) is 18.4 Å². The molecule has 0 saturated carbocycles. The Morgan fingerprint density at radius 2 is 1.92 bits per heavy atom. The van der Waals surface area contributed by atoms with Crippen LogP contribution >= 0.6 is 11.6 Å². The summed E-state index contributed by atoms with van der Waals surface area (Å²) in [5.41, 5.74) is 3.43. The number of amides is 1. The van der Waals surface area contributed by atoms with Crippen molar-refractivity contribution in [3.63, 3.8) is 0 Å². The van der Waals surface area contributed by atoms with Gasteiger partial charge in [-0.15, -0.1) is 0 Å². The number of benzene rings is 1. The van der Waals surface area contributed by atoms with Crippen LogP contribution in [0.1, 0.15) is 32.6 Å². The van der Waals surface area contributed by atoms with Gasteiger partial charge in [0.25, 0.3) is 0 Å². The van der Waals surface area contributed by atoms with Crippen molar-refractivity contribution in [2.45, 2.75) is 38.6 Å². The fraction of sp³-hybridized carbons (Fsp3) is 0.421. The van der Waals surface area contributed by atoms with Gasteiger partial charge in [0.1, 0.15) is 0 Å². The maximum atomic E-state index is 11.4. The highest BCUT2D eigenvalue weighted by Gasteiger charge is 2.21. The van der Waals surface area contributed by atoms with Gasteiger partial charge < -0.3 is 15.5 Å². The summed E-state index contributed by atoms with van der Waals surface area (Å²) >= 11 is 5.95. The zero-order chi connectivity index (χ0) is 16.9. The van der Waals surface area contributed by atoms with E-state index in [2.05, 4.69) is 22.8 Å². The van der Waals surface area contributed by atoms with E-state index in [1.165, 1.54) is 5.70 Å². The standard InChI is InChI=1S/C19H24ClN3O/c1-14(24)23-12-10-17(11-13-23)22-19-5-3-2-4-18(19)21-16-8-6-15(20)7-9-16/h3,5-9,17,21-22H,2,4,10-13H2,1H3. The lowest BCUT2D eigenvalue weighted by atomic mass is 10.0. The van der Waals surface area contributed by atoms with Crippen LogP contribution < -0.4 is 10.6 Å². The molecule has 1 amide bonds. The Bertz CT molecular complexity index is 643. The van der Waals surface area contributed by atoms with Gasteiger partial charge in [-0.3, -0.25) is 4.79 Å². The Morgan fingerprint density at radius 1 is 1.21 bits per heavy atom. The van der Waals surface area contributed by atoms with Gasteiger partial charge in [-0.2, -0.15) is 0 Å². The Kier molecular flexibility index (Phi) is 5.46. The predicted octanol–water partition coefficient (Wildman–Crippen LogP) is 3.91. The molecule has 0 aromatic heterocycles.